The molecule has 0 aromatic heterocycles. The molecule has 0 unspecified atom stereocenters. The summed E-state index contributed by atoms with van der Waals surface area (Å²) in [5.41, 5.74) is 2.29. The van der Waals surface area contributed by atoms with Crippen molar-refractivity contribution in [3.63, 3.8) is 0 Å². The van der Waals surface area contributed by atoms with Crippen molar-refractivity contribution in [3.8, 4) is 5.75 Å². The van der Waals surface area contributed by atoms with Crippen LogP contribution < -0.4 is 14.4 Å². The van der Waals surface area contributed by atoms with E-state index in [-0.39, 0.29) is 28.9 Å². The van der Waals surface area contributed by atoms with Crippen LogP contribution in [0.1, 0.15) is 11.1 Å². The second kappa shape index (κ2) is 9.49. The van der Waals surface area contributed by atoms with E-state index < -0.39 is 22.5 Å². The van der Waals surface area contributed by atoms with Crippen molar-refractivity contribution in [1.82, 2.24) is 5.32 Å². The number of ether oxygens (including phenoxy) is 1. The van der Waals surface area contributed by atoms with Crippen molar-refractivity contribution in [1.29, 1.82) is 0 Å². The number of rotatable bonds is 8. The number of nitrogens with one attached hydrogen (secondary N) is 1. The lowest BCUT2D eigenvalue weighted by molar-refractivity contribution is -0.119. The number of benzene rings is 2. The largest absolute Gasteiger partial charge is 0.491 e. The van der Waals surface area contributed by atoms with E-state index >= 15 is 0 Å². The number of hydrogen-bond acceptors (Lipinski definition) is 4. The predicted molar refractivity (Wildman–Crippen MR) is 113 cm³/mol. The first-order valence-corrected chi connectivity index (χ1v) is 11.1. The maximum atomic E-state index is 12.2. The third-order valence-corrected chi connectivity index (χ3v) is 5.84. The number of sulfonamides is 1. The molecule has 28 heavy (non-hydrogen) atoms. The number of anilines is 1. The van der Waals surface area contributed by atoms with E-state index in [9.17, 15) is 13.2 Å². The number of amides is 1. The monoisotopic (exact) mass is 444 g/mol. The molecule has 0 radical (unpaired) electrons. The summed E-state index contributed by atoms with van der Waals surface area (Å²) in [6, 6.07) is 10.4. The number of carbonyl (C=O) groups excluding carboxylic acids is 1. The average molecular weight is 445 g/mol. The summed E-state index contributed by atoms with van der Waals surface area (Å²) in [6.07, 6.45) is 1.00. The van der Waals surface area contributed by atoms with Crippen molar-refractivity contribution >= 4 is 44.8 Å². The van der Waals surface area contributed by atoms with Crippen molar-refractivity contribution < 1.29 is 17.9 Å². The van der Waals surface area contributed by atoms with Gasteiger partial charge in [0.2, 0.25) is 15.9 Å². The van der Waals surface area contributed by atoms with Crippen molar-refractivity contribution in [3.05, 3.63) is 57.6 Å². The van der Waals surface area contributed by atoms with Gasteiger partial charge in [-0.2, -0.15) is 0 Å². The van der Waals surface area contributed by atoms with Crippen LogP contribution in [0.25, 0.3) is 0 Å². The molecule has 0 atom stereocenters. The topological polar surface area (TPSA) is 75.7 Å². The van der Waals surface area contributed by atoms with Crippen LogP contribution in [0.4, 0.5) is 5.69 Å². The van der Waals surface area contributed by atoms with Gasteiger partial charge in [0, 0.05) is 0 Å². The first-order chi connectivity index (χ1) is 13.1. The Kier molecular flexibility index (Phi) is 7.57. The quantitative estimate of drug-likeness (QED) is 0.631. The second-order valence-corrected chi connectivity index (χ2v) is 9.00. The highest BCUT2D eigenvalue weighted by Gasteiger charge is 2.23. The summed E-state index contributed by atoms with van der Waals surface area (Å²) in [4.78, 5) is 12.2. The highest BCUT2D eigenvalue weighted by atomic mass is 35.5. The molecule has 1 amide bonds. The molecule has 0 aliphatic rings. The molecule has 152 valence electrons. The zero-order chi connectivity index (χ0) is 20.9. The Labute approximate surface area is 175 Å². The molecule has 0 aliphatic heterocycles. The minimum absolute atomic E-state index is 0.0700. The summed E-state index contributed by atoms with van der Waals surface area (Å²) in [7, 11) is -3.74. The summed E-state index contributed by atoms with van der Waals surface area (Å²) in [5, 5.41) is 2.92. The molecule has 9 heteroatoms. The zero-order valence-electron chi connectivity index (χ0n) is 15.8. The lowest BCUT2D eigenvalue weighted by Gasteiger charge is -2.23. The third-order valence-electron chi connectivity index (χ3n) is 3.90. The van der Waals surface area contributed by atoms with Crippen molar-refractivity contribution in [2.24, 2.45) is 0 Å². The summed E-state index contributed by atoms with van der Waals surface area (Å²) >= 11 is 12.1. The van der Waals surface area contributed by atoms with Gasteiger partial charge in [0.05, 0.1) is 28.5 Å². The fraction of sp³-hybridized carbons (Fsp3) is 0.316. The zero-order valence-corrected chi connectivity index (χ0v) is 18.2. The van der Waals surface area contributed by atoms with Crippen LogP contribution in [-0.4, -0.2) is 40.3 Å². The van der Waals surface area contributed by atoms with Gasteiger partial charge in [-0.3, -0.25) is 9.10 Å². The fourth-order valence-corrected chi connectivity index (χ4v) is 3.87. The van der Waals surface area contributed by atoms with Crippen LogP contribution in [0, 0.1) is 13.8 Å². The summed E-state index contributed by atoms with van der Waals surface area (Å²) in [5.74, 6) is 0.258. The van der Waals surface area contributed by atoms with Gasteiger partial charge in [0.25, 0.3) is 0 Å². The summed E-state index contributed by atoms with van der Waals surface area (Å²) < 4.78 is 30.8. The Morgan fingerprint density at radius 2 is 1.89 bits per heavy atom. The molecular formula is C19H22Cl2N2O4S. The maximum Gasteiger partial charge on any atom is 0.240 e. The molecule has 6 nitrogen and oxygen atoms in total. The molecule has 0 spiro atoms. The minimum Gasteiger partial charge on any atom is -0.491 e. The van der Waals surface area contributed by atoms with Gasteiger partial charge in [0.15, 0.2) is 0 Å². The van der Waals surface area contributed by atoms with E-state index in [4.69, 9.17) is 27.9 Å². The van der Waals surface area contributed by atoms with Crippen LogP contribution in [-0.2, 0) is 14.8 Å². The molecule has 0 saturated carbocycles. The first-order valence-electron chi connectivity index (χ1n) is 8.48. The van der Waals surface area contributed by atoms with Crippen LogP contribution in [0.15, 0.2) is 36.4 Å². The Bertz CT molecular complexity index is 964. The van der Waals surface area contributed by atoms with Crippen LogP contribution in [0.5, 0.6) is 5.75 Å². The molecule has 1 N–H and O–H groups in total. The molecule has 0 heterocycles. The molecule has 2 aromatic carbocycles. The smallest absolute Gasteiger partial charge is 0.240 e. The Hall–Kier alpha value is -1.96. The number of aryl methyl sites for hydroxylation is 2. The van der Waals surface area contributed by atoms with E-state index in [0.29, 0.717) is 0 Å². The van der Waals surface area contributed by atoms with E-state index in [1.807, 2.05) is 32.0 Å². The first kappa shape index (κ1) is 22.3. The molecule has 2 rings (SSSR count). The third kappa shape index (κ3) is 6.02. The number of halogens is 2. The molecule has 0 saturated heterocycles. The molecule has 0 bridgehead atoms. The van der Waals surface area contributed by atoms with E-state index in [2.05, 4.69) is 5.32 Å². The van der Waals surface area contributed by atoms with Gasteiger partial charge < -0.3 is 10.1 Å². The van der Waals surface area contributed by atoms with Crippen LogP contribution in [0.3, 0.4) is 0 Å². The van der Waals surface area contributed by atoms with Gasteiger partial charge in [-0.25, -0.2) is 8.42 Å². The summed E-state index contributed by atoms with van der Waals surface area (Å²) in [6.45, 7) is 4.01. The van der Waals surface area contributed by atoms with Gasteiger partial charge in [0.1, 0.15) is 18.9 Å². The van der Waals surface area contributed by atoms with Crippen molar-refractivity contribution in [2.45, 2.75) is 13.8 Å². The van der Waals surface area contributed by atoms with Gasteiger partial charge in [-0.05, 0) is 37.6 Å². The lowest BCUT2D eigenvalue weighted by atomic mass is 10.1. The van der Waals surface area contributed by atoms with Gasteiger partial charge in [-0.1, -0.05) is 47.0 Å². The predicted octanol–water partition coefficient (Wildman–Crippen LogP) is 3.57. The maximum absolute atomic E-state index is 12.2. The minimum atomic E-state index is -3.74. The standard InChI is InChI=1S/C19H22Cl2N2O4S/c1-13-7-8-17(14(2)11-13)27-10-9-22-18(24)12-23(28(3,25)26)16-6-4-5-15(20)19(16)21/h4-8,11H,9-10,12H2,1-3H3,(H,22,24). The van der Waals surface area contributed by atoms with Gasteiger partial charge in [-0.15, -0.1) is 0 Å². The number of hydrogen-bond donors (Lipinski definition) is 1. The molecule has 0 aliphatic carbocycles. The van der Waals surface area contributed by atoms with E-state index in [1.54, 1.807) is 12.1 Å². The SMILES string of the molecule is Cc1ccc(OCCNC(=O)CN(c2cccc(Cl)c2Cl)S(C)(=O)=O)c(C)c1. The molecule has 0 fully saturated rings. The lowest BCUT2D eigenvalue weighted by Crippen LogP contribution is -2.41. The Morgan fingerprint density at radius 1 is 1.18 bits per heavy atom. The fourth-order valence-electron chi connectivity index (χ4n) is 2.57. The Morgan fingerprint density at radius 3 is 2.54 bits per heavy atom. The van der Waals surface area contributed by atoms with Crippen LogP contribution >= 0.6 is 23.2 Å². The molecular weight excluding hydrogens is 423 g/mol. The number of carbonyl (C=O) groups is 1. The van der Waals surface area contributed by atoms with Crippen molar-refractivity contribution in [2.75, 3.05) is 30.3 Å². The molecule has 2 aromatic rings. The highest BCUT2D eigenvalue weighted by molar-refractivity contribution is 7.92. The van der Waals surface area contributed by atoms with Crippen LogP contribution in [0.2, 0.25) is 10.0 Å². The normalized spacial score (nSPS) is 11.2. The van der Waals surface area contributed by atoms with Gasteiger partial charge >= 0.3 is 0 Å². The van der Waals surface area contributed by atoms with E-state index in [1.165, 1.54) is 6.07 Å². The second-order valence-electron chi connectivity index (χ2n) is 6.31. The Balaban J connectivity index is 1.96. The van der Waals surface area contributed by atoms with E-state index in [0.717, 1.165) is 27.4 Å². The number of nitrogens with zero attached hydrogens (tertiary/aromatic N) is 1. The average Bonchev–Trinajstić information content (AvgIpc) is 2.60. The highest BCUT2D eigenvalue weighted by Crippen LogP contribution is 2.33.